The molecule has 0 unspecified atom stereocenters. The van der Waals surface area contributed by atoms with Crippen LogP contribution < -0.4 is 10.6 Å². The van der Waals surface area contributed by atoms with Gasteiger partial charge in [0.1, 0.15) is 0 Å². The molecule has 3 N–H and O–H groups in total. The zero-order valence-electron chi connectivity index (χ0n) is 10.3. The van der Waals surface area contributed by atoms with Crippen molar-refractivity contribution in [1.82, 2.24) is 15.5 Å². The minimum atomic E-state index is -0.725. The van der Waals surface area contributed by atoms with Gasteiger partial charge in [-0.15, -0.1) is 0 Å². The lowest BCUT2D eigenvalue weighted by Crippen LogP contribution is -2.69. The first kappa shape index (κ1) is 13.4. The van der Waals surface area contributed by atoms with E-state index in [0.29, 0.717) is 0 Å². The van der Waals surface area contributed by atoms with Crippen molar-refractivity contribution in [2.24, 2.45) is 0 Å². The Bertz CT molecular complexity index is 225. The van der Waals surface area contributed by atoms with Crippen LogP contribution in [-0.2, 0) is 4.79 Å². The van der Waals surface area contributed by atoms with E-state index in [1.54, 1.807) is 0 Å². The molecule has 0 aromatic heterocycles. The number of carboxylic acid groups (broad SMARTS) is 1. The zero-order chi connectivity index (χ0) is 12.0. The molecule has 1 fully saturated rings. The van der Waals surface area contributed by atoms with Crippen LogP contribution in [-0.4, -0.2) is 60.8 Å². The van der Waals surface area contributed by atoms with E-state index in [1.807, 2.05) is 0 Å². The lowest BCUT2D eigenvalue weighted by molar-refractivity contribution is -0.139. The second-order valence-electron chi connectivity index (χ2n) is 4.41. The van der Waals surface area contributed by atoms with Gasteiger partial charge in [-0.1, -0.05) is 13.8 Å². The topological polar surface area (TPSA) is 64.6 Å². The van der Waals surface area contributed by atoms with Crippen molar-refractivity contribution < 1.29 is 9.90 Å². The highest BCUT2D eigenvalue weighted by Gasteiger charge is 2.38. The number of rotatable bonds is 8. The van der Waals surface area contributed by atoms with Crippen LogP contribution in [0.5, 0.6) is 0 Å². The van der Waals surface area contributed by atoms with Crippen LogP contribution in [0.3, 0.4) is 0 Å². The van der Waals surface area contributed by atoms with Crippen LogP contribution in [0.2, 0.25) is 0 Å². The van der Waals surface area contributed by atoms with Crippen molar-refractivity contribution in [2.45, 2.75) is 25.8 Å². The molecule has 1 aliphatic heterocycles. The summed E-state index contributed by atoms with van der Waals surface area (Å²) in [6.45, 7) is 9.73. The van der Waals surface area contributed by atoms with Gasteiger partial charge in [0.15, 0.2) is 0 Å². The summed E-state index contributed by atoms with van der Waals surface area (Å²) in [4.78, 5) is 13.1. The van der Waals surface area contributed by atoms with Gasteiger partial charge in [-0.2, -0.15) is 0 Å². The van der Waals surface area contributed by atoms with Crippen molar-refractivity contribution in [3.8, 4) is 0 Å². The summed E-state index contributed by atoms with van der Waals surface area (Å²) in [5.41, 5.74) is -0.209. The number of carbonyl (C=O) groups is 1. The fourth-order valence-corrected chi connectivity index (χ4v) is 2.05. The van der Waals surface area contributed by atoms with Gasteiger partial charge in [0.25, 0.3) is 0 Å². The summed E-state index contributed by atoms with van der Waals surface area (Å²) in [7, 11) is 0. The van der Waals surface area contributed by atoms with E-state index in [0.717, 1.165) is 39.3 Å². The first-order valence-electron chi connectivity index (χ1n) is 6.02. The standard InChI is InChI=1S/C11H23N3O2/c1-3-14(4-2)6-5-13-11(7-10(15)16)8-12-9-11/h12-13H,3-9H2,1-2H3,(H,15,16). The maximum atomic E-state index is 10.7. The summed E-state index contributed by atoms with van der Waals surface area (Å²) >= 11 is 0. The van der Waals surface area contributed by atoms with Crippen LogP contribution in [0.25, 0.3) is 0 Å². The van der Waals surface area contributed by atoms with Crippen LogP contribution >= 0.6 is 0 Å². The summed E-state index contributed by atoms with van der Waals surface area (Å²) in [5.74, 6) is -0.725. The third kappa shape index (κ3) is 3.73. The molecular formula is C11H23N3O2. The van der Waals surface area contributed by atoms with Gasteiger partial charge in [0.05, 0.1) is 12.0 Å². The van der Waals surface area contributed by atoms with Crippen molar-refractivity contribution >= 4 is 5.97 Å². The molecule has 0 aromatic rings. The summed E-state index contributed by atoms with van der Waals surface area (Å²) in [5, 5.41) is 15.3. The number of aliphatic carboxylic acids is 1. The molecule has 5 heteroatoms. The van der Waals surface area contributed by atoms with E-state index in [4.69, 9.17) is 5.11 Å². The number of hydrogen-bond donors (Lipinski definition) is 3. The van der Waals surface area contributed by atoms with Gasteiger partial charge in [-0.05, 0) is 13.1 Å². The molecule has 0 aliphatic carbocycles. The Balaban J connectivity index is 2.26. The quantitative estimate of drug-likeness (QED) is 0.535. The van der Waals surface area contributed by atoms with Crippen LogP contribution in [0.15, 0.2) is 0 Å². The van der Waals surface area contributed by atoms with Crippen LogP contribution in [0.4, 0.5) is 0 Å². The maximum Gasteiger partial charge on any atom is 0.305 e. The highest BCUT2D eigenvalue weighted by molar-refractivity contribution is 5.68. The fourth-order valence-electron chi connectivity index (χ4n) is 2.05. The van der Waals surface area contributed by atoms with Gasteiger partial charge in [0.2, 0.25) is 0 Å². The summed E-state index contributed by atoms with van der Waals surface area (Å²) < 4.78 is 0. The van der Waals surface area contributed by atoms with Gasteiger partial charge >= 0.3 is 5.97 Å². The van der Waals surface area contributed by atoms with E-state index in [-0.39, 0.29) is 12.0 Å². The normalized spacial score (nSPS) is 18.4. The molecule has 0 radical (unpaired) electrons. The number of carboxylic acids is 1. The Hall–Kier alpha value is -0.650. The number of likely N-dealkylation sites (N-methyl/N-ethyl adjacent to an activating group) is 1. The largest absolute Gasteiger partial charge is 0.481 e. The van der Waals surface area contributed by atoms with E-state index in [1.165, 1.54) is 0 Å². The molecule has 0 aromatic carbocycles. The molecule has 1 heterocycles. The molecule has 0 saturated carbocycles. The van der Waals surface area contributed by atoms with Gasteiger partial charge < -0.3 is 20.6 Å². The van der Waals surface area contributed by atoms with Crippen molar-refractivity contribution in [1.29, 1.82) is 0 Å². The number of nitrogens with one attached hydrogen (secondary N) is 2. The van der Waals surface area contributed by atoms with Crippen LogP contribution in [0.1, 0.15) is 20.3 Å². The average Bonchev–Trinajstić information content (AvgIpc) is 2.20. The Morgan fingerprint density at radius 3 is 2.44 bits per heavy atom. The molecular weight excluding hydrogens is 206 g/mol. The van der Waals surface area contributed by atoms with Gasteiger partial charge in [0, 0.05) is 26.2 Å². The van der Waals surface area contributed by atoms with Crippen molar-refractivity contribution in [3.63, 3.8) is 0 Å². The average molecular weight is 229 g/mol. The molecule has 0 bridgehead atoms. The predicted molar refractivity (Wildman–Crippen MR) is 63.6 cm³/mol. The number of hydrogen-bond acceptors (Lipinski definition) is 4. The van der Waals surface area contributed by atoms with Crippen LogP contribution in [0, 0.1) is 0 Å². The predicted octanol–water partition coefficient (Wildman–Crippen LogP) is -0.265. The lowest BCUT2D eigenvalue weighted by Gasteiger charge is -2.43. The van der Waals surface area contributed by atoms with Crippen molar-refractivity contribution in [2.75, 3.05) is 39.3 Å². The third-order valence-electron chi connectivity index (χ3n) is 3.24. The van der Waals surface area contributed by atoms with E-state index >= 15 is 0 Å². The van der Waals surface area contributed by atoms with Crippen molar-refractivity contribution in [3.05, 3.63) is 0 Å². The Morgan fingerprint density at radius 2 is 2.06 bits per heavy atom. The second kappa shape index (κ2) is 6.18. The van der Waals surface area contributed by atoms with E-state index < -0.39 is 5.97 Å². The Morgan fingerprint density at radius 1 is 1.44 bits per heavy atom. The highest BCUT2D eigenvalue weighted by atomic mass is 16.4. The first-order chi connectivity index (χ1) is 7.62. The minimum Gasteiger partial charge on any atom is -0.481 e. The lowest BCUT2D eigenvalue weighted by atomic mass is 9.88. The minimum absolute atomic E-state index is 0.207. The molecule has 0 spiro atoms. The second-order valence-corrected chi connectivity index (χ2v) is 4.41. The van der Waals surface area contributed by atoms with Gasteiger partial charge in [-0.3, -0.25) is 4.79 Å². The molecule has 1 aliphatic rings. The molecule has 16 heavy (non-hydrogen) atoms. The smallest absolute Gasteiger partial charge is 0.305 e. The summed E-state index contributed by atoms with van der Waals surface area (Å²) in [6, 6.07) is 0. The summed E-state index contributed by atoms with van der Waals surface area (Å²) in [6.07, 6.45) is 0.207. The Kier molecular flexibility index (Phi) is 5.18. The molecule has 5 nitrogen and oxygen atoms in total. The SMILES string of the molecule is CCN(CC)CCNC1(CC(=O)O)CNC1. The highest BCUT2D eigenvalue weighted by Crippen LogP contribution is 2.15. The first-order valence-corrected chi connectivity index (χ1v) is 6.02. The third-order valence-corrected chi connectivity index (χ3v) is 3.24. The molecule has 1 saturated heterocycles. The van der Waals surface area contributed by atoms with E-state index in [2.05, 4.69) is 29.4 Å². The fraction of sp³-hybridized carbons (Fsp3) is 0.909. The molecule has 94 valence electrons. The van der Waals surface area contributed by atoms with Gasteiger partial charge in [-0.25, -0.2) is 0 Å². The van der Waals surface area contributed by atoms with E-state index in [9.17, 15) is 4.79 Å². The number of nitrogens with zero attached hydrogens (tertiary/aromatic N) is 1. The monoisotopic (exact) mass is 229 g/mol. The molecule has 1 rings (SSSR count). The molecule has 0 atom stereocenters. The zero-order valence-corrected chi connectivity index (χ0v) is 10.3. The Labute approximate surface area is 97.2 Å². The molecule has 0 amide bonds. The maximum absolute atomic E-state index is 10.7.